The summed E-state index contributed by atoms with van der Waals surface area (Å²) >= 11 is 1.27. The number of nitro groups is 1. The van der Waals surface area contributed by atoms with Crippen LogP contribution in [0.5, 0.6) is 0 Å². The molecule has 1 aliphatic rings. The molecule has 1 aromatic carbocycles. The van der Waals surface area contributed by atoms with Crippen LogP contribution in [-0.4, -0.2) is 35.9 Å². The predicted molar refractivity (Wildman–Crippen MR) is 106 cm³/mol. The second-order valence-corrected chi connectivity index (χ2v) is 9.75. The van der Waals surface area contributed by atoms with Crippen LogP contribution in [0.2, 0.25) is 0 Å². The number of aryl methyl sites for hydroxylation is 2. The summed E-state index contributed by atoms with van der Waals surface area (Å²) in [7, 11) is -3.74. The minimum absolute atomic E-state index is 0.0252. The Morgan fingerprint density at radius 3 is 2.46 bits per heavy atom. The largest absolute Gasteiger partial charge is 0.361 e. The minimum atomic E-state index is -3.74. The lowest BCUT2D eigenvalue weighted by Crippen LogP contribution is -2.31. The molecule has 8 nitrogen and oxygen atoms in total. The van der Waals surface area contributed by atoms with E-state index >= 15 is 0 Å². The molecule has 0 N–H and O–H groups in total. The molecule has 152 valence electrons. The van der Waals surface area contributed by atoms with Crippen molar-refractivity contribution in [2.75, 3.05) is 13.1 Å². The Kier molecular flexibility index (Phi) is 6.41. The van der Waals surface area contributed by atoms with Crippen molar-refractivity contribution in [2.45, 2.75) is 55.1 Å². The molecule has 0 bridgehead atoms. The van der Waals surface area contributed by atoms with Crippen molar-refractivity contribution in [2.24, 2.45) is 0 Å². The Labute approximate surface area is 168 Å². The van der Waals surface area contributed by atoms with E-state index in [-0.39, 0.29) is 10.6 Å². The first kappa shape index (κ1) is 20.8. The van der Waals surface area contributed by atoms with Crippen molar-refractivity contribution in [3.05, 3.63) is 45.3 Å². The Morgan fingerprint density at radius 2 is 1.89 bits per heavy atom. The fraction of sp³-hybridized carbons (Fsp3) is 0.500. The van der Waals surface area contributed by atoms with Gasteiger partial charge in [-0.05, 0) is 38.8 Å². The van der Waals surface area contributed by atoms with Crippen molar-refractivity contribution in [1.29, 1.82) is 0 Å². The monoisotopic (exact) mass is 425 g/mol. The topological polar surface area (TPSA) is 107 Å². The number of hydrogen-bond acceptors (Lipinski definition) is 7. The normalized spacial score (nSPS) is 16.1. The highest BCUT2D eigenvalue weighted by atomic mass is 32.2. The minimum Gasteiger partial charge on any atom is -0.361 e. The molecule has 1 fully saturated rings. The average Bonchev–Trinajstić information content (AvgIpc) is 2.87. The van der Waals surface area contributed by atoms with Gasteiger partial charge in [0.2, 0.25) is 10.0 Å². The third kappa shape index (κ3) is 4.39. The SMILES string of the molecule is Cc1noc(C)c1CSc1ccc(S(=O)(=O)N2CCCCCC2)cc1[N+](=O)[O-]. The van der Waals surface area contributed by atoms with Crippen LogP contribution in [0.1, 0.15) is 42.7 Å². The highest BCUT2D eigenvalue weighted by Gasteiger charge is 2.28. The van der Waals surface area contributed by atoms with Gasteiger partial charge in [-0.1, -0.05) is 18.0 Å². The molecule has 0 amide bonds. The summed E-state index contributed by atoms with van der Waals surface area (Å²) in [5.41, 5.74) is 1.43. The van der Waals surface area contributed by atoms with Crippen molar-refractivity contribution in [3.8, 4) is 0 Å². The predicted octanol–water partition coefficient (Wildman–Crippen LogP) is 4.06. The van der Waals surface area contributed by atoms with Crippen molar-refractivity contribution < 1.29 is 17.9 Å². The summed E-state index contributed by atoms with van der Waals surface area (Å²) in [6, 6.07) is 4.16. The van der Waals surface area contributed by atoms with Crippen molar-refractivity contribution in [3.63, 3.8) is 0 Å². The van der Waals surface area contributed by atoms with Crippen LogP contribution in [0.4, 0.5) is 5.69 Å². The third-order valence-electron chi connectivity index (χ3n) is 4.88. The van der Waals surface area contributed by atoms with E-state index in [1.165, 1.54) is 34.3 Å². The lowest BCUT2D eigenvalue weighted by Gasteiger charge is -2.20. The summed E-state index contributed by atoms with van der Waals surface area (Å²) in [6.07, 6.45) is 3.63. The van der Waals surface area contributed by atoms with Gasteiger partial charge < -0.3 is 4.52 Å². The third-order valence-corrected chi connectivity index (χ3v) is 7.87. The molecule has 0 saturated carbocycles. The molecule has 0 aliphatic carbocycles. The first-order valence-electron chi connectivity index (χ1n) is 9.14. The number of rotatable bonds is 6. The zero-order valence-corrected chi connectivity index (χ0v) is 17.5. The van der Waals surface area contributed by atoms with Crippen LogP contribution in [0.25, 0.3) is 0 Å². The maximum atomic E-state index is 12.9. The summed E-state index contributed by atoms with van der Waals surface area (Å²) in [6.45, 7) is 4.52. The van der Waals surface area contributed by atoms with Gasteiger partial charge in [0.1, 0.15) is 5.76 Å². The maximum Gasteiger partial charge on any atom is 0.284 e. The average molecular weight is 426 g/mol. The fourth-order valence-corrected chi connectivity index (χ4v) is 5.91. The number of sulfonamides is 1. The van der Waals surface area contributed by atoms with Gasteiger partial charge in [-0.2, -0.15) is 4.31 Å². The van der Waals surface area contributed by atoms with Crippen LogP contribution in [0, 0.1) is 24.0 Å². The van der Waals surface area contributed by atoms with Gasteiger partial charge in [-0.25, -0.2) is 8.42 Å². The highest BCUT2D eigenvalue weighted by molar-refractivity contribution is 7.98. The number of benzene rings is 1. The molecular formula is C18H23N3O5S2. The van der Waals surface area contributed by atoms with Crippen molar-refractivity contribution in [1.82, 2.24) is 9.46 Å². The van der Waals surface area contributed by atoms with Crippen molar-refractivity contribution >= 4 is 27.5 Å². The molecule has 28 heavy (non-hydrogen) atoms. The quantitative estimate of drug-likeness (QED) is 0.390. The number of aromatic nitrogens is 1. The molecule has 10 heteroatoms. The lowest BCUT2D eigenvalue weighted by atomic mass is 10.2. The molecule has 0 spiro atoms. The molecule has 0 atom stereocenters. The van der Waals surface area contributed by atoms with Crippen LogP contribution in [0.3, 0.4) is 0 Å². The van der Waals surface area contributed by atoms with Crippen LogP contribution in [0.15, 0.2) is 32.5 Å². The second-order valence-electron chi connectivity index (χ2n) is 6.80. The van der Waals surface area contributed by atoms with Gasteiger partial charge in [0.15, 0.2) is 0 Å². The van der Waals surface area contributed by atoms with E-state index in [0.717, 1.165) is 36.9 Å². The highest BCUT2D eigenvalue weighted by Crippen LogP contribution is 2.35. The molecule has 1 saturated heterocycles. The zero-order chi connectivity index (χ0) is 20.3. The van der Waals surface area contributed by atoms with Gasteiger partial charge in [0.25, 0.3) is 5.69 Å². The van der Waals surface area contributed by atoms with Crippen LogP contribution in [-0.2, 0) is 15.8 Å². The Morgan fingerprint density at radius 1 is 1.21 bits per heavy atom. The van der Waals surface area contributed by atoms with Gasteiger partial charge >= 0.3 is 0 Å². The number of hydrogen-bond donors (Lipinski definition) is 0. The van der Waals surface area contributed by atoms with E-state index in [9.17, 15) is 18.5 Å². The zero-order valence-electron chi connectivity index (χ0n) is 15.9. The van der Waals surface area contributed by atoms with Crippen LogP contribution < -0.4 is 0 Å². The Balaban J connectivity index is 1.87. The summed E-state index contributed by atoms with van der Waals surface area (Å²) in [5.74, 6) is 1.13. The van der Waals surface area contributed by atoms with Gasteiger partial charge in [-0.3, -0.25) is 10.1 Å². The van der Waals surface area contributed by atoms with Gasteiger partial charge in [0, 0.05) is 30.5 Å². The van der Waals surface area contributed by atoms with E-state index in [0.29, 0.717) is 29.5 Å². The summed E-state index contributed by atoms with van der Waals surface area (Å²) < 4.78 is 32.4. The van der Waals surface area contributed by atoms with E-state index in [1.54, 1.807) is 6.92 Å². The van der Waals surface area contributed by atoms with E-state index in [4.69, 9.17) is 4.52 Å². The Bertz CT molecular complexity index is 944. The first-order valence-corrected chi connectivity index (χ1v) is 11.6. The smallest absolute Gasteiger partial charge is 0.284 e. The summed E-state index contributed by atoms with van der Waals surface area (Å²) in [4.78, 5) is 11.4. The Hall–Kier alpha value is -1.91. The maximum absolute atomic E-state index is 12.9. The van der Waals surface area contributed by atoms with E-state index < -0.39 is 14.9 Å². The molecule has 0 unspecified atom stereocenters. The molecule has 2 heterocycles. The van der Waals surface area contributed by atoms with Gasteiger partial charge in [-0.15, -0.1) is 11.8 Å². The standard InChI is InChI=1S/C18H23N3O5S2/c1-13-16(14(2)26-19-13)12-27-18-8-7-15(11-17(18)21(22)23)28(24,25)20-9-5-3-4-6-10-20/h7-8,11H,3-6,9-10,12H2,1-2H3. The number of nitro benzene ring substituents is 1. The molecule has 1 aromatic heterocycles. The molecule has 0 radical (unpaired) electrons. The fourth-order valence-electron chi connectivity index (χ4n) is 3.21. The van der Waals surface area contributed by atoms with Crippen LogP contribution >= 0.6 is 11.8 Å². The van der Waals surface area contributed by atoms with Gasteiger partial charge in [0.05, 0.1) is 20.4 Å². The van der Waals surface area contributed by atoms with E-state index in [1.807, 2.05) is 6.92 Å². The lowest BCUT2D eigenvalue weighted by molar-refractivity contribution is -0.388. The number of nitrogens with zero attached hydrogens (tertiary/aromatic N) is 3. The number of thioether (sulfide) groups is 1. The first-order chi connectivity index (χ1) is 13.3. The second kappa shape index (κ2) is 8.62. The molecule has 3 rings (SSSR count). The molecule has 2 aromatic rings. The molecule has 1 aliphatic heterocycles. The van der Waals surface area contributed by atoms with E-state index in [2.05, 4.69) is 5.16 Å². The summed E-state index contributed by atoms with van der Waals surface area (Å²) in [5, 5.41) is 15.5. The molecular weight excluding hydrogens is 402 g/mol.